The van der Waals surface area contributed by atoms with E-state index in [1.54, 1.807) is 38.7 Å². The predicted octanol–water partition coefficient (Wildman–Crippen LogP) is 5.17. The number of rotatable bonds is 5. The van der Waals surface area contributed by atoms with Crippen LogP contribution in [0.15, 0.2) is 79.1 Å². The second-order valence-corrected chi connectivity index (χ2v) is 6.51. The Morgan fingerprint density at radius 3 is 2.52 bits per heavy atom. The number of amides is 1. The number of benzene rings is 3. The topological polar surface area (TPSA) is 60.5 Å². The van der Waals surface area contributed by atoms with Gasteiger partial charge in [0.1, 0.15) is 11.5 Å². The summed E-state index contributed by atoms with van der Waals surface area (Å²) in [5, 5.41) is 4.65. The molecule has 29 heavy (non-hydrogen) atoms. The monoisotopic (exact) mass is 384 g/mol. The second-order valence-electron chi connectivity index (χ2n) is 6.51. The third-order valence-electron chi connectivity index (χ3n) is 4.75. The highest BCUT2D eigenvalue weighted by atomic mass is 16.5. The van der Waals surface area contributed by atoms with E-state index in [2.05, 4.69) is 16.4 Å². The Morgan fingerprint density at radius 1 is 0.897 bits per heavy atom. The van der Waals surface area contributed by atoms with Gasteiger partial charge in [0.05, 0.1) is 31.7 Å². The van der Waals surface area contributed by atoms with Crippen LogP contribution in [0.4, 0.5) is 5.69 Å². The molecule has 0 aliphatic rings. The van der Waals surface area contributed by atoms with Crippen molar-refractivity contribution in [2.24, 2.45) is 0 Å². The van der Waals surface area contributed by atoms with Crippen LogP contribution in [0.1, 0.15) is 10.4 Å². The smallest absolute Gasteiger partial charge is 0.260 e. The van der Waals surface area contributed by atoms with Crippen LogP contribution in [0.2, 0.25) is 0 Å². The number of fused-ring (bicyclic) bond motifs is 1. The predicted molar refractivity (Wildman–Crippen MR) is 115 cm³/mol. The van der Waals surface area contributed by atoms with Crippen molar-refractivity contribution in [3.8, 4) is 22.6 Å². The SMILES string of the molecule is COc1cccc(-c2ccc3c(C(=O)Nc4cccnc4)c(OC)ccc3c2)c1. The fourth-order valence-corrected chi connectivity index (χ4v) is 3.33. The number of hydrogen-bond acceptors (Lipinski definition) is 4. The summed E-state index contributed by atoms with van der Waals surface area (Å²) < 4.78 is 10.8. The minimum atomic E-state index is -0.241. The minimum absolute atomic E-state index is 0.241. The normalized spacial score (nSPS) is 10.6. The largest absolute Gasteiger partial charge is 0.497 e. The molecule has 0 aliphatic heterocycles. The van der Waals surface area contributed by atoms with Crippen LogP contribution in [-0.4, -0.2) is 25.1 Å². The standard InChI is InChI=1S/C24H20N2O3/c1-28-20-7-3-5-16(14-20)17-8-10-21-18(13-17)9-11-22(29-2)23(21)24(27)26-19-6-4-12-25-15-19/h3-15H,1-2H3,(H,26,27). The summed E-state index contributed by atoms with van der Waals surface area (Å²) in [4.78, 5) is 17.1. The van der Waals surface area contributed by atoms with Crippen molar-refractivity contribution in [2.45, 2.75) is 0 Å². The van der Waals surface area contributed by atoms with Gasteiger partial charge in [-0.3, -0.25) is 9.78 Å². The fraction of sp³-hybridized carbons (Fsp3) is 0.0833. The van der Waals surface area contributed by atoms with Crippen LogP contribution in [0.25, 0.3) is 21.9 Å². The van der Waals surface area contributed by atoms with Gasteiger partial charge in [-0.25, -0.2) is 0 Å². The van der Waals surface area contributed by atoms with Crippen LogP contribution in [-0.2, 0) is 0 Å². The molecule has 0 fully saturated rings. The first-order chi connectivity index (χ1) is 14.2. The molecule has 0 unspecified atom stereocenters. The zero-order chi connectivity index (χ0) is 20.2. The van der Waals surface area contributed by atoms with Gasteiger partial charge in [0, 0.05) is 6.20 Å². The van der Waals surface area contributed by atoms with Crippen LogP contribution in [0, 0.1) is 0 Å². The second kappa shape index (κ2) is 8.02. The van der Waals surface area contributed by atoms with E-state index in [4.69, 9.17) is 9.47 Å². The number of carbonyl (C=O) groups is 1. The maximum atomic E-state index is 13.0. The molecule has 3 aromatic carbocycles. The van der Waals surface area contributed by atoms with E-state index in [0.717, 1.165) is 27.6 Å². The van der Waals surface area contributed by atoms with E-state index in [1.807, 2.05) is 48.5 Å². The molecule has 1 aromatic heterocycles. The number of nitrogens with one attached hydrogen (secondary N) is 1. The maximum Gasteiger partial charge on any atom is 0.260 e. The van der Waals surface area contributed by atoms with Gasteiger partial charge < -0.3 is 14.8 Å². The Kier molecular flexibility index (Phi) is 5.12. The molecule has 0 saturated carbocycles. The fourth-order valence-electron chi connectivity index (χ4n) is 3.33. The van der Waals surface area contributed by atoms with E-state index < -0.39 is 0 Å². The van der Waals surface area contributed by atoms with Gasteiger partial charge in [-0.1, -0.05) is 30.3 Å². The molecule has 0 radical (unpaired) electrons. The molecule has 0 atom stereocenters. The lowest BCUT2D eigenvalue weighted by molar-refractivity contribution is 0.102. The molecule has 0 spiro atoms. The number of pyridine rings is 1. The summed E-state index contributed by atoms with van der Waals surface area (Å²) in [6.45, 7) is 0. The van der Waals surface area contributed by atoms with E-state index in [1.165, 1.54) is 0 Å². The summed E-state index contributed by atoms with van der Waals surface area (Å²) in [6.07, 6.45) is 3.27. The number of anilines is 1. The summed E-state index contributed by atoms with van der Waals surface area (Å²) in [7, 11) is 3.21. The molecule has 1 heterocycles. The molecule has 1 amide bonds. The lowest BCUT2D eigenvalue weighted by Crippen LogP contribution is -2.14. The Morgan fingerprint density at radius 2 is 1.76 bits per heavy atom. The number of ether oxygens (including phenoxy) is 2. The van der Waals surface area contributed by atoms with Crippen molar-refractivity contribution in [2.75, 3.05) is 19.5 Å². The summed E-state index contributed by atoms with van der Waals surface area (Å²) >= 11 is 0. The average molecular weight is 384 g/mol. The Balaban J connectivity index is 1.78. The summed E-state index contributed by atoms with van der Waals surface area (Å²) in [6, 6.07) is 21.2. The van der Waals surface area contributed by atoms with Crippen molar-refractivity contribution in [1.29, 1.82) is 0 Å². The van der Waals surface area contributed by atoms with Crippen LogP contribution >= 0.6 is 0 Å². The molecule has 4 aromatic rings. The van der Waals surface area contributed by atoms with Crippen molar-refractivity contribution in [3.05, 3.63) is 84.7 Å². The molecule has 144 valence electrons. The zero-order valence-electron chi connectivity index (χ0n) is 16.2. The maximum absolute atomic E-state index is 13.0. The Bertz CT molecular complexity index is 1170. The third-order valence-corrected chi connectivity index (χ3v) is 4.75. The molecular weight excluding hydrogens is 364 g/mol. The van der Waals surface area contributed by atoms with E-state index in [0.29, 0.717) is 17.0 Å². The van der Waals surface area contributed by atoms with Gasteiger partial charge in [-0.15, -0.1) is 0 Å². The van der Waals surface area contributed by atoms with Crippen molar-refractivity contribution < 1.29 is 14.3 Å². The van der Waals surface area contributed by atoms with E-state index >= 15 is 0 Å². The van der Waals surface area contributed by atoms with E-state index in [-0.39, 0.29) is 5.91 Å². The molecule has 1 N–H and O–H groups in total. The minimum Gasteiger partial charge on any atom is -0.497 e. The number of methoxy groups -OCH3 is 2. The van der Waals surface area contributed by atoms with Gasteiger partial charge in [-0.05, 0) is 58.3 Å². The van der Waals surface area contributed by atoms with Crippen LogP contribution in [0.5, 0.6) is 11.5 Å². The third kappa shape index (κ3) is 3.75. The molecule has 0 saturated heterocycles. The van der Waals surface area contributed by atoms with Gasteiger partial charge in [-0.2, -0.15) is 0 Å². The van der Waals surface area contributed by atoms with Crippen molar-refractivity contribution in [3.63, 3.8) is 0 Å². The van der Waals surface area contributed by atoms with Crippen molar-refractivity contribution in [1.82, 2.24) is 4.98 Å². The lowest BCUT2D eigenvalue weighted by Gasteiger charge is -2.13. The number of nitrogens with zero attached hydrogens (tertiary/aromatic N) is 1. The molecular formula is C24H20N2O3. The molecule has 5 nitrogen and oxygen atoms in total. The number of carbonyl (C=O) groups excluding carboxylic acids is 1. The first-order valence-corrected chi connectivity index (χ1v) is 9.16. The van der Waals surface area contributed by atoms with Gasteiger partial charge >= 0.3 is 0 Å². The first kappa shape index (κ1) is 18.5. The average Bonchev–Trinajstić information content (AvgIpc) is 2.78. The summed E-state index contributed by atoms with van der Waals surface area (Å²) in [5.74, 6) is 1.08. The molecule has 5 heteroatoms. The highest BCUT2D eigenvalue weighted by Gasteiger charge is 2.17. The van der Waals surface area contributed by atoms with Crippen LogP contribution in [0.3, 0.4) is 0 Å². The van der Waals surface area contributed by atoms with Gasteiger partial charge in [0.2, 0.25) is 0 Å². The Labute approximate surface area is 168 Å². The number of hydrogen-bond donors (Lipinski definition) is 1. The van der Waals surface area contributed by atoms with Crippen LogP contribution < -0.4 is 14.8 Å². The zero-order valence-corrected chi connectivity index (χ0v) is 16.2. The van der Waals surface area contributed by atoms with Gasteiger partial charge in [0.15, 0.2) is 0 Å². The Hall–Kier alpha value is -3.86. The van der Waals surface area contributed by atoms with Gasteiger partial charge in [0.25, 0.3) is 5.91 Å². The lowest BCUT2D eigenvalue weighted by atomic mass is 9.97. The molecule has 0 aliphatic carbocycles. The first-order valence-electron chi connectivity index (χ1n) is 9.16. The molecule has 0 bridgehead atoms. The van der Waals surface area contributed by atoms with Crippen molar-refractivity contribution >= 4 is 22.4 Å². The molecule has 4 rings (SSSR count). The highest BCUT2D eigenvalue weighted by Crippen LogP contribution is 2.33. The van der Waals surface area contributed by atoms with E-state index in [9.17, 15) is 4.79 Å². The highest BCUT2D eigenvalue weighted by molar-refractivity contribution is 6.15. The summed E-state index contributed by atoms with van der Waals surface area (Å²) in [5.41, 5.74) is 3.21. The number of aromatic nitrogens is 1. The quantitative estimate of drug-likeness (QED) is 0.516.